The molecule has 1 aliphatic heterocycles. The van der Waals surface area contributed by atoms with E-state index in [1.807, 2.05) is 20.8 Å². The van der Waals surface area contributed by atoms with Crippen LogP contribution in [0, 0.1) is 11.8 Å². The van der Waals surface area contributed by atoms with Gasteiger partial charge in [0, 0.05) is 6.42 Å². The van der Waals surface area contributed by atoms with Crippen molar-refractivity contribution >= 4 is 8.32 Å². The van der Waals surface area contributed by atoms with Crippen molar-refractivity contribution in [3.05, 3.63) is 0 Å². The van der Waals surface area contributed by atoms with E-state index in [0.29, 0.717) is 0 Å². The van der Waals surface area contributed by atoms with Crippen molar-refractivity contribution in [1.29, 1.82) is 0 Å². The largest absolute Gasteiger partial charge is 0.409 e. The summed E-state index contributed by atoms with van der Waals surface area (Å²) in [6.07, 6.45) is 7.33. The lowest BCUT2D eigenvalue weighted by atomic mass is 10.1. The maximum Gasteiger partial charge on any atom is 0.192 e. The van der Waals surface area contributed by atoms with E-state index in [9.17, 15) is 10.2 Å². The lowest BCUT2D eigenvalue weighted by Gasteiger charge is -2.40. The molecule has 0 unspecified atom stereocenters. The molecule has 0 aromatic rings. The molecule has 0 saturated carbocycles. The molecular weight excluding hydrogens is 408 g/mol. The number of aliphatic hydroxyl groups excluding tert-OH is 2. The standard InChI is InChI=1S/C25H48O5Si/c1-20(27)17-15-13-11-9-10-12-14-16-18-21-23(29-25(5,6)28-21)22(19-26)30-31(7,8)24(2,3)4/h20-23,26-27H,9-15,17,19H2,1-8H3/t20-,21+,22+,23-/m0/s1. The highest BCUT2D eigenvalue weighted by atomic mass is 28.4. The average Bonchev–Trinajstić information content (AvgIpc) is 2.94. The summed E-state index contributed by atoms with van der Waals surface area (Å²) in [5.74, 6) is 5.78. The number of hydrogen-bond donors (Lipinski definition) is 2. The monoisotopic (exact) mass is 456 g/mol. The molecule has 182 valence electrons. The topological polar surface area (TPSA) is 68.2 Å². The molecule has 5 nitrogen and oxygen atoms in total. The first kappa shape index (κ1) is 28.6. The van der Waals surface area contributed by atoms with Crippen molar-refractivity contribution < 1.29 is 24.1 Å². The molecule has 0 aliphatic carbocycles. The van der Waals surface area contributed by atoms with E-state index in [1.165, 1.54) is 25.7 Å². The van der Waals surface area contributed by atoms with Crippen LogP contribution in [0.3, 0.4) is 0 Å². The highest BCUT2D eigenvalue weighted by Crippen LogP contribution is 2.39. The second kappa shape index (κ2) is 12.7. The van der Waals surface area contributed by atoms with Gasteiger partial charge in [-0.3, -0.25) is 0 Å². The van der Waals surface area contributed by atoms with Gasteiger partial charge in [-0.15, -0.1) is 5.92 Å². The van der Waals surface area contributed by atoms with Crippen molar-refractivity contribution in [3.8, 4) is 11.8 Å². The molecule has 0 aromatic heterocycles. The molecular formula is C25H48O5Si. The summed E-state index contributed by atoms with van der Waals surface area (Å²) in [5, 5.41) is 19.4. The van der Waals surface area contributed by atoms with Gasteiger partial charge in [-0.05, 0) is 51.7 Å². The van der Waals surface area contributed by atoms with E-state index in [4.69, 9.17) is 13.9 Å². The second-order valence-corrected chi connectivity index (χ2v) is 15.7. The Balaban J connectivity index is 2.54. The van der Waals surface area contributed by atoms with Crippen LogP contribution in [0.25, 0.3) is 0 Å². The molecule has 4 atom stereocenters. The third kappa shape index (κ3) is 10.4. The van der Waals surface area contributed by atoms with E-state index in [2.05, 4.69) is 45.7 Å². The molecule has 6 heteroatoms. The van der Waals surface area contributed by atoms with Crippen molar-refractivity contribution in [2.75, 3.05) is 6.61 Å². The van der Waals surface area contributed by atoms with Crippen LogP contribution >= 0.6 is 0 Å². The zero-order valence-corrected chi connectivity index (χ0v) is 22.3. The lowest BCUT2D eigenvalue weighted by molar-refractivity contribution is -0.154. The highest BCUT2D eigenvalue weighted by molar-refractivity contribution is 6.74. The van der Waals surface area contributed by atoms with Crippen LogP contribution in [0.15, 0.2) is 0 Å². The molecule has 0 amide bonds. The highest BCUT2D eigenvalue weighted by Gasteiger charge is 2.48. The lowest BCUT2D eigenvalue weighted by Crippen LogP contribution is -2.50. The third-order valence-electron chi connectivity index (χ3n) is 6.35. The Hall–Kier alpha value is -0.423. The minimum atomic E-state index is -2.06. The molecule has 1 saturated heterocycles. The van der Waals surface area contributed by atoms with Crippen LogP contribution in [0.4, 0.5) is 0 Å². The van der Waals surface area contributed by atoms with E-state index < -0.39 is 32.4 Å². The minimum Gasteiger partial charge on any atom is -0.409 e. The van der Waals surface area contributed by atoms with Crippen molar-refractivity contribution in [3.63, 3.8) is 0 Å². The van der Waals surface area contributed by atoms with Crippen LogP contribution in [0.1, 0.15) is 92.9 Å². The van der Waals surface area contributed by atoms with Gasteiger partial charge >= 0.3 is 0 Å². The maximum atomic E-state index is 10.1. The predicted octanol–water partition coefficient (Wildman–Crippen LogP) is 5.39. The summed E-state index contributed by atoms with van der Waals surface area (Å²) in [6, 6.07) is 0. The van der Waals surface area contributed by atoms with Gasteiger partial charge in [0.25, 0.3) is 0 Å². The number of unbranched alkanes of at least 4 members (excludes halogenated alkanes) is 6. The van der Waals surface area contributed by atoms with E-state index >= 15 is 0 Å². The summed E-state index contributed by atoms with van der Waals surface area (Å²) in [5.41, 5.74) is 0. The molecule has 31 heavy (non-hydrogen) atoms. The first-order valence-electron chi connectivity index (χ1n) is 12.1. The summed E-state index contributed by atoms with van der Waals surface area (Å²) in [4.78, 5) is 0. The van der Waals surface area contributed by atoms with Crippen LogP contribution in [-0.4, -0.2) is 55.3 Å². The molecule has 0 radical (unpaired) electrons. The van der Waals surface area contributed by atoms with Gasteiger partial charge in [-0.1, -0.05) is 58.8 Å². The van der Waals surface area contributed by atoms with E-state index in [0.717, 1.165) is 25.7 Å². The Morgan fingerprint density at radius 1 is 1.03 bits per heavy atom. The molecule has 0 aromatic carbocycles. The fraction of sp³-hybridized carbons (Fsp3) is 0.920. The Morgan fingerprint density at radius 2 is 1.61 bits per heavy atom. The normalized spacial score (nSPS) is 23.3. The summed E-state index contributed by atoms with van der Waals surface area (Å²) in [7, 11) is -2.06. The Labute approximate surface area is 192 Å². The summed E-state index contributed by atoms with van der Waals surface area (Å²) in [6.45, 7) is 16.5. The Bertz CT molecular complexity index is 571. The van der Waals surface area contributed by atoms with Gasteiger partial charge in [0.1, 0.15) is 12.2 Å². The van der Waals surface area contributed by atoms with Crippen molar-refractivity contribution in [2.45, 2.75) is 141 Å². The molecule has 0 bridgehead atoms. The van der Waals surface area contributed by atoms with E-state index in [-0.39, 0.29) is 17.7 Å². The zero-order chi connectivity index (χ0) is 23.7. The molecule has 2 N–H and O–H groups in total. The van der Waals surface area contributed by atoms with Crippen LogP contribution in [0.2, 0.25) is 18.1 Å². The van der Waals surface area contributed by atoms with Crippen LogP contribution < -0.4 is 0 Å². The van der Waals surface area contributed by atoms with Gasteiger partial charge in [0.2, 0.25) is 0 Å². The SMILES string of the molecule is C[C@H](O)CCCCCCCCC#C[C@H]1OC(C)(C)O[C@@H]1[C@@H](CO)O[Si](C)(C)C(C)(C)C. The Morgan fingerprint density at radius 3 is 2.16 bits per heavy atom. The first-order chi connectivity index (χ1) is 14.3. The quantitative estimate of drug-likeness (QED) is 0.234. The van der Waals surface area contributed by atoms with Gasteiger partial charge in [-0.2, -0.15) is 0 Å². The van der Waals surface area contributed by atoms with Gasteiger partial charge in [0.15, 0.2) is 14.1 Å². The molecule has 0 spiro atoms. The molecule has 1 fully saturated rings. The number of hydrogen-bond acceptors (Lipinski definition) is 5. The van der Waals surface area contributed by atoms with Crippen molar-refractivity contribution in [1.82, 2.24) is 0 Å². The van der Waals surface area contributed by atoms with Gasteiger partial charge in [-0.25, -0.2) is 0 Å². The van der Waals surface area contributed by atoms with Crippen LogP contribution in [0.5, 0.6) is 0 Å². The second-order valence-electron chi connectivity index (χ2n) is 11.0. The first-order valence-corrected chi connectivity index (χ1v) is 15.0. The number of ether oxygens (including phenoxy) is 2. The van der Waals surface area contributed by atoms with Crippen LogP contribution in [-0.2, 0) is 13.9 Å². The Kier molecular flexibility index (Phi) is 11.7. The summed E-state index contributed by atoms with van der Waals surface area (Å²) >= 11 is 0. The zero-order valence-electron chi connectivity index (χ0n) is 21.3. The van der Waals surface area contributed by atoms with E-state index in [1.54, 1.807) is 0 Å². The third-order valence-corrected chi connectivity index (χ3v) is 10.9. The smallest absolute Gasteiger partial charge is 0.192 e. The number of aliphatic hydroxyl groups is 2. The minimum absolute atomic E-state index is 0.0485. The fourth-order valence-electron chi connectivity index (χ4n) is 3.47. The van der Waals surface area contributed by atoms with Gasteiger partial charge < -0.3 is 24.1 Å². The number of rotatable bonds is 12. The fourth-order valence-corrected chi connectivity index (χ4v) is 4.79. The summed E-state index contributed by atoms with van der Waals surface area (Å²) < 4.78 is 18.6. The van der Waals surface area contributed by atoms with Gasteiger partial charge in [0.05, 0.1) is 18.8 Å². The molecule has 1 rings (SSSR count). The molecule has 1 heterocycles. The maximum absolute atomic E-state index is 10.1. The average molecular weight is 457 g/mol. The molecule has 1 aliphatic rings. The van der Waals surface area contributed by atoms with Crippen molar-refractivity contribution in [2.24, 2.45) is 0 Å². The predicted molar refractivity (Wildman–Crippen MR) is 129 cm³/mol.